The molecule has 0 amide bonds. The maximum Gasteiger partial charge on any atom is 0.309 e. The quantitative estimate of drug-likeness (QED) is 0.346. The Labute approximate surface area is 153 Å². The van der Waals surface area contributed by atoms with E-state index in [4.69, 9.17) is 4.74 Å². The summed E-state index contributed by atoms with van der Waals surface area (Å²) in [7, 11) is 0. The molecule has 1 N–H and O–H groups in total. The van der Waals surface area contributed by atoms with Crippen molar-refractivity contribution < 1.29 is 19.4 Å². The number of aliphatic carboxylic acids is 1. The number of carboxylic acid groups (broad SMARTS) is 1. The molecule has 4 heteroatoms. The van der Waals surface area contributed by atoms with Crippen molar-refractivity contribution in [1.82, 2.24) is 0 Å². The van der Waals surface area contributed by atoms with Crippen LogP contribution in [0.4, 0.5) is 0 Å². The third kappa shape index (κ3) is 9.86. The summed E-state index contributed by atoms with van der Waals surface area (Å²) >= 11 is 0. The van der Waals surface area contributed by atoms with Gasteiger partial charge in [-0.05, 0) is 25.2 Å². The van der Waals surface area contributed by atoms with Gasteiger partial charge in [-0.1, -0.05) is 78.1 Å². The molecule has 0 aromatic rings. The molecule has 2 atom stereocenters. The number of carboxylic acids is 1. The van der Waals surface area contributed by atoms with Crippen LogP contribution in [-0.2, 0) is 14.3 Å². The van der Waals surface area contributed by atoms with Crippen LogP contribution in [0.5, 0.6) is 0 Å². The first kappa shape index (κ1) is 22.0. The number of esters is 1. The predicted octanol–water partition coefficient (Wildman–Crippen LogP) is 5.59. The molecular formula is C21H38O4. The number of carbonyl (C=O) groups is 2. The van der Waals surface area contributed by atoms with Crippen molar-refractivity contribution in [2.75, 3.05) is 6.61 Å². The summed E-state index contributed by atoms with van der Waals surface area (Å²) in [5, 5.41) is 9.22. The summed E-state index contributed by atoms with van der Waals surface area (Å²) in [6.07, 6.45) is 14.2. The Balaban J connectivity index is 1.98. The fraction of sp³-hybridized carbons (Fsp3) is 0.905. The van der Waals surface area contributed by atoms with Crippen LogP contribution in [-0.4, -0.2) is 23.7 Å². The first-order chi connectivity index (χ1) is 12.0. The molecule has 0 aliphatic heterocycles. The van der Waals surface area contributed by atoms with Gasteiger partial charge in [0.1, 0.15) is 0 Å². The zero-order valence-electron chi connectivity index (χ0n) is 16.3. The van der Waals surface area contributed by atoms with Gasteiger partial charge in [-0.2, -0.15) is 0 Å². The first-order valence-corrected chi connectivity index (χ1v) is 10.4. The summed E-state index contributed by atoms with van der Waals surface area (Å²) in [5.41, 5.74) is 0. The van der Waals surface area contributed by atoms with E-state index in [1.165, 1.54) is 44.9 Å². The number of unbranched alkanes of at least 4 members (excludes halogenated alkanes) is 7. The number of hydrogen-bond acceptors (Lipinski definition) is 3. The number of carbonyl (C=O) groups excluding carboxylic acids is 1. The molecule has 25 heavy (non-hydrogen) atoms. The van der Waals surface area contributed by atoms with Gasteiger partial charge in [0.2, 0.25) is 0 Å². The van der Waals surface area contributed by atoms with Gasteiger partial charge in [0.25, 0.3) is 0 Å². The fourth-order valence-corrected chi connectivity index (χ4v) is 3.70. The van der Waals surface area contributed by atoms with Crippen LogP contribution >= 0.6 is 0 Å². The summed E-state index contributed by atoms with van der Waals surface area (Å²) in [6, 6.07) is 0. The van der Waals surface area contributed by atoms with Crippen LogP contribution in [0.15, 0.2) is 0 Å². The summed E-state index contributed by atoms with van der Waals surface area (Å²) in [4.78, 5) is 23.3. The van der Waals surface area contributed by atoms with Gasteiger partial charge >= 0.3 is 11.9 Å². The van der Waals surface area contributed by atoms with E-state index in [0.29, 0.717) is 19.4 Å². The van der Waals surface area contributed by atoms with Gasteiger partial charge in [0.05, 0.1) is 18.4 Å². The first-order valence-electron chi connectivity index (χ1n) is 10.4. The second-order valence-corrected chi connectivity index (χ2v) is 8.01. The maximum atomic E-state index is 12.1. The third-order valence-electron chi connectivity index (χ3n) is 5.31. The molecule has 1 fully saturated rings. The van der Waals surface area contributed by atoms with Crippen molar-refractivity contribution in [2.45, 2.75) is 97.3 Å². The summed E-state index contributed by atoms with van der Waals surface area (Å²) in [6.45, 7) is 5.00. The SMILES string of the molecule is CC(C)CCCCCCCCCCOC(=O)C1CCCCC1C(=O)O. The lowest BCUT2D eigenvalue weighted by molar-refractivity contribution is -0.159. The highest BCUT2D eigenvalue weighted by atomic mass is 16.5. The lowest BCUT2D eigenvalue weighted by Crippen LogP contribution is -2.33. The van der Waals surface area contributed by atoms with E-state index in [1.807, 2.05) is 0 Å². The highest BCUT2D eigenvalue weighted by Gasteiger charge is 2.36. The van der Waals surface area contributed by atoms with Gasteiger partial charge < -0.3 is 9.84 Å². The van der Waals surface area contributed by atoms with E-state index >= 15 is 0 Å². The highest BCUT2D eigenvalue weighted by Crippen LogP contribution is 2.31. The predicted molar refractivity (Wildman–Crippen MR) is 100 cm³/mol. The van der Waals surface area contributed by atoms with E-state index in [-0.39, 0.29) is 5.97 Å². The third-order valence-corrected chi connectivity index (χ3v) is 5.31. The monoisotopic (exact) mass is 354 g/mol. The molecule has 2 unspecified atom stereocenters. The molecule has 0 radical (unpaired) electrons. The second kappa shape index (κ2) is 13.2. The minimum absolute atomic E-state index is 0.294. The molecule has 0 aromatic carbocycles. The van der Waals surface area contributed by atoms with Crippen LogP contribution in [0.3, 0.4) is 0 Å². The number of ether oxygens (including phenoxy) is 1. The van der Waals surface area contributed by atoms with Crippen molar-refractivity contribution in [3.8, 4) is 0 Å². The van der Waals surface area contributed by atoms with E-state index in [9.17, 15) is 14.7 Å². The molecule has 0 bridgehead atoms. The van der Waals surface area contributed by atoms with Crippen LogP contribution in [0.25, 0.3) is 0 Å². The zero-order chi connectivity index (χ0) is 18.5. The second-order valence-electron chi connectivity index (χ2n) is 8.01. The van der Waals surface area contributed by atoms with Gasteiger partial charge in [0.15, 0.2) is 0 Å². The Hall–Kier alpha value is -1.06. The molecule has 1 saturated carbocycles. The van der Waals surface area contributed by atoms with Crippen molar-refractivity contribution in [2.24, 2.45) is 17.8 Å². The van der Waals surface area contributed by atoms with Crippen LogP contribution in [0, 0.1) is 17.8 Å². The Morgan fingerprint density at radius 2 is 1.40 bits per heavy atom. The Morgan fingerprint density at radius 3 is 1.96 bits per heavy atom. The van der Waals surface area contributed by atoms with Crippen molar-refractivity contribution >= 4 is 11.9 Å². The van der Waals surface area contributed by atoms with Crippen LogP contribution in [0.2, 0.25) is 0 Å². The van der Waals surface area contributed by atoms with E-state index in [1.54, 1.807) is 0 Å². The van der Waals surface area contributed by atoms with Crippen molar-refractivity contribution in [1.29, 1.82) is 0 Å². The van der Waals surface area contributed by atoms with Gasteiger partial charge in [-0.15, -0.1) is 0 Å². The smallest absolute Gasteiger partial charge is 0.309 e. The normalized spacial score (nSPS) is 20.6. The topological polar surface area (TPSA) is 63.6 Å². The van der Waals surface area contributed by atoms with Crippen molar-refractivity contribution in [3.63, 3.8) is 0 Å². The molecule has 1 aliphatic carbocycles. The maximum absolute atomic E-state index is 12.1. The Morgan fingerprint density at radius 1 is 0.880 bits per heavy atom. The Bertz CT molecular complexity index is 378. The molecule has 1 rings (SSSR count). The minimum atomic E-state index is -0.852. The largest absolute Gasteiger partial charge is 0.481 e. The fourth-order valence-electron chi connectivity index (χ4n) is 3.70. The van der Waals surface area contributed by atoms with Gasteiger partial charge in [-0.25, -0.2) is 0 Å². The van der Waals surface area contributed by atoms with Crippen molar-refractivity contribution in [3.05, 3.63) is 0 Å². The highest BCUT2D eigenvalue weighted by molar-refractivity contribution is 5.81. The number of hydrogen-bond donors (Lipinski definition) is 1. The van der Waals surface area contributed by atoms with E-state index in [0.717, 1.165) is 31.6 Å². The molecule has 0 saturated heterocycles. The van der Waals surface area contributed by atoms with Crippen LogP contribution in [0.1, 0.15) is 97.3 Å². The summed E-state index contributed by atoms with van der Waals surface area (Å²) < 4.78 is 5.34. The van der Waals surface area contributed by atoms with E-state index < -0.39 is 17.8 Å². The summed E-state index contributed by atoms with van der Waals surface area (Å²) in [5.74, 6) is -1.30. The average molecular weight is 355 g/mol. The molecule has 0 heterocycles. The zero-order valence-corrected chi connectivity index (χ0v) is 16.3. The number of rotatable bonds is 13. The standard InChI is InChI=1S/C21H38O4/c1-17(2)13-9-7-5-3-4-6-8-12-16-25-21(24)19-15-11-10-14-18(19)20(22)23/h17-19H,3-16H2,1-2H3,(H,22,23). The lowest BCUT2D eigenvalue weighted by Gasteiger charge is -2.26. The average Bonchev–Trinajstić information content (AvgIpc) is 2.59. The molecular weight excluding hydrogens is 316 g/mol. The molecule has 146 valence electrons. The molecule has 4 nitrogen and oxygen atoms in total. The molecule has 0 aromatic heterocycles. The van der Waals surface area contributed by atoms with E-state index in [2.05, 4.69) is 13.8 Å². The van der Waals surface area contributed by atoms with Gasteiger partial charge in [-0.3, -0.25) is 9.59 Å². The Kier molecular flexibility index (Phi) is 11.6. The molecule has 1 aliphatic rings. The lowest BCUT2D eigenvalue weighted by atomic mass is 9.79. The van der Waals surface area contributed by atoms with Gasteiger partial charge in [0, 0.05) is 0 Å². The van der Waals surface area contributed by atoms with Crippen LogP contribution < -0.4 is 0 Å². The minimum Gasteiger partial charge on any atom is -0.481 e. The molecule has 0 spiro atoms.